The molecule has 0 aromatic heterocycles. The smallest absolute Gasteiger partial charge is 0.371 e. The van der Waals surface area contributed by atoms with Crippen molar-refractivity contribution in [2.24, 2.45) is 17.3 Å². The van der Waals surface area contributed by atoms with Crippen LogP contribution in [0.3, 0.4) is 0 Å². The molecule has 1 spiro atoms. The van der Waals surface area contributed by atoms with E-state index >= 15 is 0 Å². The number of hydrogen-bond acceptors (Lipinski definition) is 6. The number of carbonyl (C=O) groups excluding carboxylic acids is 1. The lowest BCUT2D eigenvalue weighted by atomic mass is 9.54. The zero-order valence-electron chi connectivity index (χ0n) is 24.3. The fourth-order valence-electron chi connectivity index (χ4n) is 6.87. The predicted octanol–water partition coefficient (Wildman–Crippen LogP) is 5.26. The van der Waals surface area contributed by atoms with Crippen molar-refractivity contribution >= 4 is 5.91 Å². The van der Waals surface area contributed by atoms with Crippen LogP contribution in [-0.4, -0.2) is 67.8 Å². The zero-order chi connectivity index (χ0) is 29.9. The summed E-state index contributed by atoms with van der Waals surface area (Å²) in [5, 5.41) is 4.97. The summed E-state index contributed by atoms with van der Waals surface area (Å²) in [5.41, 5.74) is 7.30. The van der Waals surface area contributed by atoms with E-state index in [-0.39, 0.29) is 18.4 Å². The summed E-state index contributed by atoms with van der Waals surface area (Å²) in [6.07, 6.45) is 16.0. The molecule has 42 heavy (non-hydrogen) atoms. The van der Waals surface area contributed by atoms with Gasteiger partial charge in [-0.05, 0) is 61.7 Å². The van der Waals surface area contributed by atoms with Gasteiger partial charge in [-0.1, -0.05) is 56.0 Å². The van der Waals surface area contributed by atoms with Gasteiger partial charge >= 0.3 is 6.36 Å². The third kappa shape index (κ3) is 6.76. The minimum atomic E-state index is -4.61. The van der Waals surface area contributed by atoms with E-state index in [1.54, 1.807) is 19.3 Å². The highest BCUT2D eigenvalue weighted by atomic mass is 19.4. The van der Waals surface area contributed by atoms with Crippen LogP contribution in [0.4, 0.5) is 13.2 Å². The number of allylic oxidation sites excluding steroid dienone is 6. The number of hydrazine groups is 1. The third-order valence-corrected chi connectivity index (χ3v) is 8.93. The topological polar surface area (TPSA) is 66.1 Å². The van der Waals surface area contributed by atoms with Crippen LogP contribution < -0.4 is 10.7 Å². The Kier molecular flexibility index (Phi) is 9.15. The summed E-state index contributed by atoms with van der Waals surface area (Å²) >= 11 is 0. The Balaban J connectivity index is 1.07. The zero-order valence-corrected chi connectivity index (χ0v) is 24.3. The monoisotopic (exact) mass is 586 g/mol. The average molecular weight is 587 g/mol. The van der Waals surface area contributed by atoms with Crippen LogP contribution in [-0.2, 0) is 14.3 Å². The number of likely N-dealkylation sites (tertiary alicyclic amines) is 1. The quantitative estimate of drug-likeness (QED) is 0.322. The minimum absolute atomic E-state index is 0.0881. The van der Waals surface area contributed by atoms with E-state index in [2.05, 4.69) is 45.2 Å². The predicted molar refractivity (Wildman–Crippen MR) is 155 cm³/mol. The van der Waals surface area contributed by atoms with E-state index < -0.39 is 12.5 Å². The number of carbonyl (C=O) groups is 1. The lowest BCUT2D eigenvalue weighted by Gasteiger charge is -2.61. The molecule has 0 radical (unpaired) electrons. The summed E-state index contributed by atoms with van der Waals surface area (Å²) in [5.74, 6) is 1.06. The molecule has 2 heterocycles. The van der Waals surface area contributed by atoms with Crippen LogP contribution in [0, 0.1) is 17.3 Å². The van der Waals surface area contributed by atoms with E-state index in [1.807, 2.05) is 30.2 Å². The number of ether oxygens (including phenoxy) is 2. The summed E-state index contributed by atoms with van der Waals surface area (Å²) in [6, 6.07) is -0.0935. The molecule has 1 amide bonds. The van der Waals surface area contributed by atoms with Crippen molar-refractivity contribution in [3.63, 3.8) is 0 Å². The van der Waals surface area contributed by atoms with Crippen LogP contribution in [0.15, 0.2) is 83.8 Å². The molecule has 2 fully saturated rings. The number of hydrogen-bond donors (Lipinski definition) is 2. The molecule has 5 aliphatic rings. The van der Waals surface area contributed by atoms with E-state index in [0.717, 1.165) is 42.9 Å². The van der Waals surface area contributed by atoms with Gasteiger partial charge in [0.25, 0.3) is 5.91 Å². The summed E-state index contributed by atoms with van der Waals surface area (Å²) in [4.78, 5) is 15.5. The van der Waals surface area contributed by atoms with E-state index in [4.69, 9.17) is 4.74 Å². The number of methoxy groups -OCH3 is 1. The van der Waals surface area contributed by atoms with Gasteiger partial charge in [0.1, 0.15) is 6.73 Å². The van der Waals surface area contributed by atoms with Crippen LogP contribution >= 0.6 is 0 Å². The molecule has 1 saturated heterocycles. The maximum Gasteiger partial charge on any atom is 0.523 e. The maximum absolute atomic E-state index is 13.3. The Morgan fingerprint density at radius 3 is 2.60 bits per heavy atom. The molecule has 2 N–H and O–H groups in total. The van der Waals surface area contributed by atoms with Crippen LogP contribution in [0.2, 0.25) is 0 Å². The molecule has 2 aliphatic heterocycles. The number of alkyl halides is 3. The summed E-state index contributed by atoms with van der Waals surface area (Å²) in [7, 11) is 1.62. The van der Waals surface area contributed by atoms with Gasteiger partial charge < -0.3 is 15.0 Å². The van der Waals surface area contributed by atoms with Gasteiger partial charge in [-0.3, -0.25) is 14.5 Å². The molecular formula is C32H41F3N4O3. The first kappa shape index (κ1) is 30.4. The van der Waals surface area contributed by atoms with Crippen molar-refractivity contribution < 1.29 is 27.4 Å². The van der Waals surface area contributed by atoms with Gasteiger partial charge in [0.15, 0.2) is 0 Å². The second kappa shape index (κ2) is 12.7. The molecular weight excluding hydrogens is 545 g/mol. The van der Waals surface area contributed by atoms with Crippen molar-refractivity contribution in [1.29, 1.82) is 0 Å². The highest BCUT2D eigenvalue weighted by molar-refractivity contribution is 5.96. The Hall–Kier alpha value is -3.08. The standard InChI is InChI=1S/C32H41F3N4O3/c1-4-6-7-28-29(27(5-2)37-39(28)21-41-3)30(40)36-18-22-8-10-23(11-9-22)24-16-31(17-24)19-38(20-31)25-12-14-26(15-13-25)42-32(33,34)35/h4,6-10,12-14,23-24,26-27,37H,1,5,11,15-21H2,2-3H3,(H,36,40)/b7-6-/t23-,26+,27-/m1/s1. The summed E-state index contributed by atoms with van der Waals surface area (Å²) < 4.78 is 46.8. The van der Waals surface area contributed by atoms with Crippen LogP contribution in [0.25, 0.3) is 0 Å². The molecule has 0 aromatic rings. The van der Waals surface area contributed by atoms with Gasteiger partial charge in [-0.2, -0.15) is 0 Å². The van der Waals surface area contributed by atoms with Gasteiger partial charge in [0, 0.05) is 37.9 Å². The minimum Gasteiger partial charge on any atom is -0.371 e. The molecule has 7 nitrogen and oxygen atoms in total. The number of amides is 1. The van der Waals surface area contributed by atoms with Crippen molar-refractivity contribution in [1.82, 2.24) is 20.7 Å². The van der Waals surface area contributed by atoms with Gasteiger partial charge in [0.05, 0.1) is 23.4 Å². The van der Waals surface area contributed by atoms with Crippen molar-refractivity contribution in [2.45, 2.75) is 57.5 Å². The maximum atomic E-state index is 13.3. The molecule has 0 aromatic carbocycles. The molecule has 5 rings (SSSR count). The molecule has 3 aliphatic carbocycles. The SMILES string of the molecule is C=C/C=C\C1=C(C(=O)NCC2=CC[C@H](C3CC4(C3)CN(C3=CC[C@@H](OC(F)(F)F)C=C3)C4)C=C2)[C@@H](CC)NN1COC. The third-order valence-electron chi connectivity index (χ3n) is 8.93. The second-order valence-corrected chi connectivity index (χ2v) is 11.9. The fraction of sp³-hybridized carbons (Fsp3) is 0.531. The number of nitrogens with one attached hydrogen (secondary N) is 2. The number of halogens is 3. The Morgan fingerprint density at radius 2 is 2.00 bits per heavy atom. The van der Waals surface area contributed by atoms with Crippen molar-refractivity contribution in [3.8, 4) is 0 Å². The summed E-state index contributed by atoms with van der Waals surface area (Å²) in [6.45, 7) is 8.52. The average Bonchev–Trinajstić information content (AvgIpc) is 3.27. The normalized spacial score (nSPS) is 27.3. The lowest BCUT2D eigenvalue weighted by Crippen LogP contribution is -2.62. The van der Waals surface area contributed by atoms with E-state index in [0.29, 0.717) is 36.1 Å². The molecule has 3 atom stereocenters. The highest BCUT2D eigenvalue weighted by Gasteiger charge is 2.53. The van der Waals surface area contributed by atoms with E-state index in [1.165, 1.54) is 18.9 Å². The fourth-order valence-corrected chi connectivity index (χ4v) is 6.87. The molecule has 0 bridgehead atoms. The van der Waals surface area contributed by atoms with Gasteiger partial charge in [-0.15, -0.1) is 13.2 Å². The first-order valence-electron chi connectivity index (χ1n) is 14.7. The highest BCUT2D eigenvalue weighted by Crippen LogP contribution is 2.56. The van der Waals surface area contributed by atoms with Crippen molar-refractivity contribution in [2.75, 3.05) is 33.5 Å². The van der Waals surface area contributed by atoms with Crippen LogP contribution in [0.1, 0.15) is 39.0 Å². The first-order valence-corrected chi connectivity index (χ1v) is 14.7. The largest absolute Gasteiger partial charge is 0.523 e. The second-order valence-electron chi connectivity index (χ2n) is 11.9. The van der Waals surface area contributed by atoms with Gasteiger partial charge in [0.2, 0.25) is 0 Å². The number of nitrogens with zero attached hydrogens (tertiary/aromatic N) is 2. The Labute approximate surface area is 246 Å². The molecule has 0 unspecified atom stereocenters. The van der Waals surface area contributed by atoms with Crippen molar-refractivity contribution in [3.05, 3.63) is 83.8 Å². The Bertz CT molecular complexity index is 1220. The molecule has 1 saturated carbocycles. The lowest BCUT2D eigenvalue weighted by molar-refractivity contribution is -0.336. The van der Waals surface area contributed by atoms with Crippen LogP contribution in [0.5, 0.6) is 0 Å². The first-order chi connectivity index (χ1) is 20.1. The van der Waals surface area contributed by atoms with Gasteiger partial charge in [-0.25, -0.2) is 5.43 Å². The molecule has 10 heteroatoms. The Morgan fingerprint density at radius 1 is 1.21 bits per heavy atom. The number of rotatable bonds is 11. The van der Waals surface area contributed by atoms with E-state index in [9.17, 15) is 18.0 Å². The molecule has 228 valence electrons.